The van der Waals surface area contributed by atoms with Crippen molar-refractivity contribution in [1.29, 1.82) is 0 Å². The average molecular weight is 340 g/mol. The highest BCUT2D eigenvalue weighted by Gasteiger charge is 2.19. The normalized spacial score (nSPS) is 15.9. The van der Waals surface area contributed by atoms with Crippen molar-refractivity contribution in [3.05, 3.63) is 48.0 Å². The van der Waals surface area contributed by atoms with E-state index in [1.54, 1.807) is 0 Å². The lowest BCUT2D eigenvalue weighted by Crippen LogP contribution is -2.87. The predicted molar refractivity (Wildman–Crippen MR) is 98.1 cm³/mol. The van der Waals surface area contributed by atoms with Gasteiger partial charge in [-0.1, -0.05) is 55.3 Å². The fourth-order valence-corrected chi connectivity index (χ4v) is 3.53. The van der Waals surface area contributed by atoms with Gasteiger partial charge < -0.3 is 10.6 Å². The Hall–Kier alpha value is -2.40. The van der Waals surface area contributed by atoms with E-state index in [1.807, 2.05) is 23.5 Å². The molecule has 1 aliphatic rings. The molecule has 1 fully saturated rings. The fraction of sp³-hybridized carbons (Fsp3) is 0.400. The van der Waals surface area contributed by atoms with Gasteiger partial charge in [0.15, 0.2) is 6.54 Å². The maximum Gasteiger partial charge on any atom is 0.321 e. The van der Waals surface area contributed by atoms with Crippen molar-refractivity contribution in [2.24, 2.45) is 0 Å². The minimum Gasteiger partial charge on any atom is -0.335 e. The zero-order valence-corrected chi connectivity index (χ0v) is 14.6. The molecular weight excluding hydrogens is 314 g/mol. The van der Waals surface area contributed by atoms with Crippen molar-refractivity contribution >= 4 is 22.7 Å². The Balaban J connectivity index is 1.51. The van der Waals surface area contributed by atoms with Crippen LogP contribution in [0.25, 0.3) is 10.8 Å². The molecule has 25 heavy (non-hydrogen) atoms. The Morgan fingerprint density at radius 1 is 1.12 bits per heavy atom. The zero-order valence-electron chi connectivity index (χ0n) is 14.6. The van der Waals surface area contributed by atoms with Gasteiger partial charge in [-0.2, -0.15) is 0 Å². The second-order valence-electron chi connectivity index (χ2n) is 6.80. The largest absolute Gasteiger partial charge is 0.335 e. The molecule has 0 heterocycles. The number of imide groups is 1. The number of nitrogens with two attached hydrogens (primary N) is 1. The van der Waals surface area contributed by atoms with Gasteiger partial charge in [0, 0.05) is 11.6 Å². The highest BCUT2D eigenvalue weighted by Crippen LogP contribution is 2.22. The number of rotatable bonds is 5. The molecule has 5 heteroatoms. The number of carbonyl (C=O) groups is 2. The van der Waals surface area contributed by atoms with E-state index in [0.717, 1.165) is 25.7 Å². The van der Waals surface area contributed by atoms with E-state index >= 15 is 0 Å². The van der Waals surface area contributed by atoms with Crippen LogP contribution in [-0.2, 0) is 4.79 Å². The third-order valence-corrected chi connectivity index (χ3v) is 4.91. The average Bonchev–Trinajstić information content (AvgIpc) is 3.12. The maximum atomic E-state index is 12.0. The van der Waals surface area contributed by atoms with E-state index < -0.39 is 0 Å². The summed E-state index contributed by atoms with van der Waals surface area (Å²) in [4.78, 5) is 23.9. The van der Waals surface area contributed by atoms with Gasteiger partial charge in [-0.15, -0.1) is 0 Å². The van der Waals surface area contributed by atoms with Crippen LogP contribution >= 0.6 is 0 Å². The van der Waals surface area contributed by atoms with Gasteiger partial charge in [0.25, 0.3) is 5.91 Å². The van der Waals surface area contributed by atoms with E-state index in [2.05, 4.69) is 41.8 Å². The van der Waals surface area contributed by atoms with Crippen LogP contribution in [0, 0.1) is 0 Å². The summed E-state index contributed by atoms with van der Waals surface area (Å²) >= 11 is 0. The number of amides is 3. The van der Waals surface area contributed by atoms with Crippen molar-refractivity contribution in [1.82, 2.24) is 10.6 Å². The first-order valence-corrected chi connectivity index (χ1v) is 9.05. The second-order valence-corrected chi connectivity index (χ2v) is 6.80. The molecule has 5 nitrogen and oxygen atoms in total. The van der Waals surface area contributed by atoms with Crippen LogP contribution in [0.15, 0.2) is 42.5 Å². The molecule has 3 amide bonds. The highest BCUT2D eigenvalue weighted by molar-refractivity contribution is 5.94. The Morgan fingerprint density at radius 2 is 1.84 bits per heavy atom. The number of benzene rings is 2. The van der Waals surface area contributed by atoms with E-state index in [4.69, 9.17) is 0 Å². The van der Waals surface area contributed by atoms with Gasteiger partial charge >= 0.3 is 6.03 Å². The lowest BCUT2D eigenvalue weighted by atomic mass is 10.00. The molecule has 0 aliphatic heterocycles. The summed E-state index contributed by atoms with van der Waals surface area (Å²) in [5.41, 5.74) is 1.20. The summed E-state index contributed by atoms with van der Waals surface area (Å²) in [6.45, 7) is 2.30. The molecule has 0 saturated heterocycles. The van der Waals surface area contributed by atoms with Crippen LogP contribution in [0.3, 0.4) is 0 Å². The van der Waals surface area contributed by atoms with Gasteiger partial charge in [0.1, 0.15) is 6.04 Å². The molecule has 1 aliphatic carbocycles. The molecule has 0 radical (unpaired) electrons. The quantitative estimate of drug-likeness (QED) is 0.781. The van der Waals surface area contributed by atoms with Crippen LogP contribution in [0.4, 0.5) is 4.79 Å². The third kappa shape index (κ3) is 4.57. The van der Waals surface area contributed by atoms with Crippen LogP contribution in [0.1, 0.15) is 44.2 Å². The molecule has 0 spiro atoms. The number of hydrogen-bond acceptors (Lipinski definition) is 2. The van der Waals surface area contributed by atoms with E-state index in [-0.39, 0.29) is 30.6 Å². The molecule has 0 bridgehead atoms. The molecule has 1 atom stereocenters. The summed E-state index contributed by atoms with van der Waals surface area (Å²) in [6.07, 6.45) is 4.31. The Bertz CT molecular complexity index is 748. The molecule has 2 aromatic carbocycles. The first-order chi connectivity index (χ1) is 12.1. The molecule has 0 unspecified atom stereocenters. The minimum atomic E-state index is -0.372. The van der Waals surface area contributed by atoms with E-state index in [1.165, 1.54) is 16.3 Å². The summed E-state index contributed by atoms with van der Waals surface area (Å²) < 4.78 is 0. The molecule has 4 N–H and O–H groups in total. The van der Waals surface area contributed by atoms with Gasteiger partial charge in [0.2, 0.25) is 0 Å². The number of urea groups is 1. The molecule has 1 saturated carbocycles. The summed E-state index contributed by atoms with van der Waals surface area (Å²) in [6, 6.07) is 14.4. The highest BCUT2D eigenvalue weighted by atomic mass is 16.2. The Kier molecular flexibility index (Phi) is 5.66. The predicted octanol–water partition coefficient (Wildman–Crippen LogP) is 2.23. The minimum absolute atomic E-state index is 0.134. The third-order valence-electron chi connectivity index (χ3n) is 4.91. The number of fused-ring (bicyclic) bond motifs is 1. The number of hydrogen-bond donors (Lipinski definition) is 3. The smallest absolute Gasteiger partial charge is 0.321 e. The molecule has 3 rings (SSSR count). The topological polar surface area (TPSA) is 74.8 Å². The number of quaternary nitrogens is 1. The van der Waals surface area contributed by atoms with Crippen molar-refractivity contribution in [2.45, 2.75) is 44.7 Å². The second kappa shape index (κ2) is 8.12. The van der Waals surface area contributed by atoms with Crippen molar-refractivity contribution in [2.75, 3.05) is 6.54 Å². The van der Waals surface area contributed by atoms with Crippen molar-refractivity contribution in [3.8, 4) is 0 Å². The van der Waals surface area contributed by atoms with Crippen LogP contribution < -0.4 is 16.0 Å². The molecular formula is C20H26N3O2+. The monoisotopic (exact) mass is 340 g/mol. The summed E-state index contributed by atoms with van der Waals surface area (Å²) in [5, 5.41) is 9.65. The van der Waals surface area contributed by atoms with Crippen LogP contribution in [0.5, 0.6) is 0 Å². The SMILES string of the molecule is C[C@@H]([NH2+]CC(=O)NC(=O)NC1CCCC1)c1cccc2ccccc12. The fourth-order valence-electron chi connectivity index (χ4n) is 3.53. The first kappa shape index (κ1) is 17.4. The summed E-state index contributed by atoms with van der Waals surface area (Å²) in [5.74, 6) is -0.261. The van der Waals surface area contributed by atoms with Crippen molar-refractivity contribution in [3.63, 3.8) is 0 Å². The first-order valence-electron chi connectivity index (χ1n) is 9.05. The van der Waals surface area contributed by atoms with Gasteiger partial charge in [0.05, 0.1) is 0 Å². The van der Waals surface area contributed by atoms with E-state index in [9.17, 15) is 9.59 Å². The number of nitrogens with one attached hydrogen (secondary N) is 2. The molecule has 0 aromatic heterocycles. The van der Waals surface area contributed by atoms with Gasteiger partial charge in [-0.05, 0) is 30.5 Å². The standard InChI is InChI=1S/C20H25N3O2/c1-14(17-12-6-8-15-7-2-5-11-18(15)17)21-13-19(24)23-20(25)22-16-9-3-4-10-16/h2,5-8,11-12,14,16,21H,3-4,9-10,13H2,1H3,(H2,22,23,24,25)/p+1/t14-/m1/s1. The lowest BCUT2D eigenvalue weighted by molar-refractivity contribution is -0.682. The molecule has 2 aromatic rings. The lowest BCUT2D eigenvalue weighted by Gasteiger charge is -2.14. The van der Waals surface area contributed by atoms with E-state index in [0.29, 0.717) is 0 Å². The summed E-state index contributed by atoms with van der Waals surface area (Å²) in [7, 11) is 0. The van der Waals surface area contributed by atoms with Crippen molar-refractivity contribution < 1.29 is 14.9 Å². The van der Waals surface area contributed by atoms with Crippen LogP contribution in [-0.4, -0.2) is 24.5 Å². The Labute approximate surface area is 148 Å². The number of carbonyl (C=O) groups excluding carboxylic acids is 2. The zero-order chi connectivity index (χ0) is 17.6. The maximum absolute atomic E-state index is 12.0. The van der Waals surface area contributed by atoms with Gasteiger partial charge in [-0.3, -0.25) is 10.1 Å². The molecule has 132 valence electrons. The Morgan fingerprint density at radius 3 is 2.64 bits per heavy atom. The van der Waals surface area contributed by atoms with Gasteiger partial charge in [-0.25, -0.2) is 4.79 Å². The van der Waals surface area contributed by atoms with Crippen LogP contribution in [0.2, 0.25) is 0 Å².